The van der Waals surface area contributed by atoms with Crippen LogP contribution in [0.25, 0.3) is 0 Å². The van der Waals surface area contributed by atoms with E-state index in [4.69, 9.17) is 0 Å². The van der Waals surface area contributed by atoms with E-state index in [2.05, 4.69) is 15.5 Å². The van der Waals surface area contributed by atoms with Crippen LogP contribution >= 0.6 is 11.8 Å². The zero-order chi connectivity index (χ0) is 13.1. The number of hydrogen-bond donors (Lipinski definition) is 2. The van der Waals surface area contributed by atoms with Crippen molar-refractivity contribution in [1.82, 2.24) is 20.4 Å². The van der Waals surface area contributed by atoms with Crippen LogP contribution in [0.4, 0.5) is 0 Å². The van der Waals surface area contributed by atoms with Crippen LogP contribution in [-0.2, 0) is 4.79 Å². The van der Waals surface area contributed by atoms with Gasteiger partial charge in [-0.2, -0.15) is 16.9 Å². The molecule has 2 saturated heterocycles. The fourth-order valence-electron chi connectivity index (χ4n) is 2.87. The summed E-state index contributed by atoms with van der Waals surface area (Å²) in [5.74, 6) is 2.71. The van der Waals surface area contributed by atoms with E-state index in [0.29, 0.717) is 5.92 Å². The molecule has 2 aliphatic rings. The van der Waals surface area contributed by atoms with Gasteiger partial charge >= 0.3 is 0 Å². The van der Waals surface area contributed by atoms with Crippen molar-refractivity contribution in [3.63, 3.8) is 0 Å². The molecule has 19 heavy (non-hydrogen) atoms. The predicted molar refractivity (Wildman–Crippen MR) is 76.3 cm³/mol. The molecule has 0 spiro atoms. The number of nitrogens with one attached hydrogen (secondary N) is 2. The number of aromatic amines is 1. The molecule has 0 aliphatic carbocycles. The molecule has 2 unspecified atom stereocenters. The Morgan fingerprint density at radius 1 is 1.53 bits per heavy atom. The highest BCUT2D eigenvalue weighted by atomic mass is 32.2. The summed E-state index contributed by atoms with van der Waals surface area (Å²) in [5, 5.41) is 10.4. The summed E-state index contributed by atoms with van der Waals surface area (Å²) in [7, 11) is 0. The van der Waals surface area contributed by atoms with Crippen LogP contribution in [0.5, 0.6) is 0 Å². The van der Waals surface area contributed by atoms with Gasteiger partial charge in [0, 0.05) is 48.9 Å². The normalized spacial score (nSPS) is 28.3. The van der Waals surface area contributed by atoms with Gasteiger partial charge < -0.3 is 10.2 Å². The highest BCUT2D eigenvalue weighted by Crippen LogP contribution is 2.26. The molecule has 0 bridgehead atoms. The van der Waals surface area contributed by atoms with E-state index in [1.165, 1.54) is 0 Å². The SMILES string of the molecule is O=C(C1CSCCN1)N1CCCC(c2ccn[nH]2)C1. The Morgan fingerprint density at radius 3 is 3.21 bits per heavy atom. The van der Waals surface area contributed by atoms with Crippen molar-refractivity contribution < 1.29 is 4.79 Å². The van der Waals surface area contributed by atoms with Crippen LogP contribution in [-0.4, -0.2) is 58.2 Å². The lowest BCUT2D eigenvalue weighted by Gasteiger charge is -2.35. The van der Waals surface area contributed by atoms with E-state index in [0.717, 1.165) is 49.7 Å². The number of piperidine rings is 1. The first-order chi connectivity index (χ1) is 9.34. The van der Waals surface area contributed by atoms with Gasteiger partial charge in [-0.3, -0.25) is 9.89 Å². The molecule has 2 N–H and O–H groups in total. The number of hydrogen-bond acceptors (Lipinski definition) is 4. The summed E-state index contributed by atoms with van der Waals surface area (Å²) in [4.78, 5) is 14.5. The number of amides is 1. The third kappa shape index (κ3) is 2.95. The monoisotopic (exact) mass is 280 g/mol. The topological polar surface area (TPSA) is 61.0 Å². The van der Waals surface area contributed by atoms with Gasteiger partial charge in [0.2, 0.25) is 5.91 Å². The Morgan fingerprint density at radius 2 is 2.47 bits per heavy atom. The number of rotatable bonds is 2. The van der Waals surface area contributed by atoms with Crippen molar-refractivity contribution in [2.24, 2.45) is 0 Å². The summed E-state index contributed by atoms with van der Waals surface area (Å²) >= 11 is 1.87. The van der Waals surface area contributed by atoms with Gasteiger partial charge in [-0.25, -0.2) is 0 Å². The lowest BCUT2D eigenvalue weighted by Crippen LogP contribution is -2.52. The number of nitrogens with zero attached hydrogens (tertiary/aromatic N) is 2. The third-order valence-electron chi connectivity index (χ3n) is 3.91. The highest BCUT2D eigenvalue weighted by Gasteiger charge is 2.30. The van der Waals surface area contributed by atoms with E-state index >= 15 is 0 Å². The molecule has 1 aromatic rings. The van der Waals surface area contributed by atoms with E-state index in [1.807, 2.05) is 22.7 Å². The summed E-state index contributed by atoms with van der Waals surface area (Å²) in [5.41, 5.74) is 1.16. The van der Waals surface area contributed by atoms with Crippen LogP contribution in [0.3, 0.4) is 0 Å². The molecule has 1 amide bonds. The first kappa shape index (κ1) is 13.0. The van der Waals surface area contributed by atoms with Crippen molar-refractivity contribution in [2.75, 3.05) is 31.1 Å². The first-order valence-corrected chi connectivity index (χ1v) is 8.09. The maximum Gasteiger partial charge on any atom is 0.240 e. The molecule has 0 saturated carbocycles. The standard InChI is InChI=1S/C13H20N4OS/c18-13(12-9-19-7-5-14-12)17-6-1-2-10(8-17)11-3-4-15-16-11/h3-4,10,12,14H,1-2,5-9H2,(H,15,16). The quantitative estimate of drug-likeness (QED) is 0.842. The van der Waals surface area contributed by atoms with Crippen LogP contribution in [0.1, 0.15) is 24.5 Å². The molecular formula is C13H20N4OS. The highest BCUT2D eigenvalue weighted by molar-refractivity contribution is 7.99. The Kier molecular flexibility index (Phi) is 4.08. The molecule has 0 radical (unpaired) electrons. The second kappa shape index (κ2) is 5.96. The fraction of sp³-hybridized carbons (Fsp3) is 0.692. The number of carbonyl (C=O) groups is 1. The molecule has 2 aliphatic heterocycles. The summed E-state index contributed by atoms with van der Waals surface area (Å²) < 4.78 is 0. The lowest BCUT2D eigenvalue weighted by atomic mass is 9.94. The number of aromatic nitrogens is 2. The largest absolute Gasteiger partial charge is 0.341 e. The molecule has 5 nitrogen and oxygen atoms in total. The Bertz CT molecular complexity index is 416. The molecular weight excluding hydrogens is 260 g/mol. The minimum absolute atomic E-state index is 0.0132. The number of carbonyl (C=O) groups excluding carboxylic acids is 1. The molecule has 3 rings (SSSR count). The minimum atomic E-state index is 0.0132. The average Bonchev–Trinajstić information content (AvgIpc) is 3.02. The molecule has 3 heterocycles. The maximum atomic E-state index is 12.5. The molecule has 2 fully saturated rings. The Labute approximate surface area is 117 Å². The van der Waals surface area contributed by atoms with Crippen molar-refractivity contribution >= 4 is 17.7 Å². The zero-order valence-electron chi connectivity index (χ0n) is 11.0. The van der Waals surface area contributed by atoms with Crippen molar-refractivity contribution in [1.29, 1.82) is 0 Å². The predicted octanol–water partition coefficient (Wildman–Crippen LogP) is 0.821. The van der Waals surface area contributed by atoms with E-state index < -0.39 is 0 Å². The zero-order valence-corrected chi connectivity index (χ0v) is 11.8. The van der Waals surface area contributed by atoms with Gasteiger partial charge in [0.05, 0.1) is 6.04 Å². The Hall–Kier alpha value is -1.01. The minimum Gasteiger partial charge on any atom is -0.341 e. The second-order valence-electron chi connectivity index (χ2n) is 5.22. The van der Waals surface area contributed by atoms with E-state index in [-0.39, 0.29) is 11.9 Å². The summed E-state index contributed by atoms with van der Waals surface area (Å²) in [6, 6.07) is 2.03. The third-order valence-corrected chi connectivity index (χ3v) is 4.98. The van der Waals surface area contributed by atoms with Gasteiger partial charge in [-0.1, -0.05) is 0 Å². The molecule has 104 valence electrons. The summed E-state index contributed by atoms with van der Waals surface area (Å²) in [6.07, 6.45) is 4.00. The van der Waals surface area contributed by atoms with Gasteiger partial charge in [-0.15, -0.1) is 0 Å². The fourth-order valence-corrected chi connectivity index (χ4v) is 3.79. The van der Waals surface area contributed by atoms with Gasteiger partial charge in [0.25, 0.3) is 0 Å². The Balaban J connectivity index is 1.62. The van der Waals surface area contributed by atoms with Crippen molar-refractivity contribution in [3.8, 4) is 0 Å². The van der Waals surface area contributed by atoms with E-state index in [9.17, 15) is 4.79 Å². The molecule has 1 aromatic heterocycles. The number of likely N-dealkylation sites (tertiary alicyclic amines) is 1. The molecule has 6 heteroatoms. The second-order valence-corrected chi connectivity index (χ2v) is 6.37. The smallest absolute Gasteiger partial charge is 0.240 e. The molecule has 2 atom stereocenters. The van der Waals surface area contributed by atoms with E-state index in [1.54, 1.807) is 6.20 Å². The van der Waals surface area contributed by atoms with Crippen molar-refractivity contribution in [2.45, 2.75) is 24.8 Å². The van der Waals surface area contributed by atoms with Gasteiger partial charge in [0.15, 0.2) is 0 Å². The van der Waals surface area contributed by atoms with Crippen LogP contribution in [0.15, 0.2) is 12.3 Å². The van der Waals surface area contributed by atoms with Crippen LogP contribution in [0.2, 0.25) is 0 Å². The number of thioether (sulfide) groups is 1. The summed E-state index contributed by atoms with van der Waals surface area (Å²) in [6.45, 7) is 2.66. The van der Waals surface area contributed by atoms with Crippen LogP contribution < -0.4 is 5.32 Å². The van der Waals surface area contributed by atoms with Gasteiger partial charge in [-0.05, 0) is 18.9 Å². The van der Waals surface area contributed by atoms with Crippen LogP contribution in [0, 0.1) is 0 Å². The first-order valence-electron chi connectivity index (χ1n) is 6.94. The lowest BCUT2D eigenvalue weighted by molar-refractivity contribution is -0.134. The molecule has 0 aromatic carbocycles. The van der Waals surface area contributed by atoms with Crippen molar-refractivity contribution in [3.05, 3.63) is 18.0 Å². The average molecular weight is 280 g/mol. The maximum absolute atomic E-state index is 12.5. The number of H-pyrrole nitrogens is 1. The van der Waals surface area contributed by atoms with Gasteiger partial charge in [0.1, 0.15) is 0 Å².